The van der Waals surface area contributed by atoms with Gasteiger partial charge in [0.2, 0.25) is 5.79 Å². The predicted octanol–water partition coefficient (Wildman–Crippen LogP) is 5.90. The first kappa shape index (κ1) is 56.6. The van der Waals surface area contributed by atoms with E-state index in [1.807, 2.05) is 60.5 Å². The van der Waals surface area contributed by atoms with Crippen LogP contribution in [0.25, 0.3) is 0 Å². The molecule has 0 aromatic heterocycles. The molecule has 3 saturated heterocycles. The molecule has 1 saturated carbocycles. The van der Waals surface area contributed by atoms with Crippen molar-refractivity contribution in [1.29, 1.82) is 0 Å². The molecule has 17 nitrogen and oxygen atoms in total. The topological polar surface area (TPSA) is 203 Å². The summed E-state index contributed by atoms with van der Waals surface area (Å²) < 4.78 is 58.1. The summed E-state index contributed by atoms with van der Waals surface area (Å²) in [7, 11) is 6.93. The minimum absolute atomic E-state index is 0.116. The van der Waals surface area contributed by atoms with Gasteiger partial charge < -0.3 is 67.7 Å². The number of likely N-dealkylation sites (N-methyl/N-ethyl adjacent to an activating group) is 1. The van der Waals surface area contributed by atoms with Crippen molar-refractivity contribution in [2.45, 2.75) is 244 Å². The van der Waals surface area contributed by atoms with Crippen LogP contribution in [0.4, 0.5) is 0 Å². The van der Waals surface area contributed by atoms with E-state index in [1.54, 1.807) is 41.7 Å². The molecule has 4 rings (SSSR count). The molecular formula is C49H88N2O15. The van der Waals surface area contributed by atoms with E-state index in [2.05, 4.69) is 0 Å². The van der Waals surface area contributed by atoms with E-state index in [4.69, 9.17) is 52.6 Å². The first-order chi connectivity index (χ1) is 30.7. The van der Waals surface area contributed by atoms with Crippen molar-refractivity contribution in [1.82, 2.24) is 4.90 Å². The van der Waals surface area contributed by atoms with E-state index in [1.165, 1.54) is 21.0 Å². The molecule has 0 unspecified atom stereocenters. The van der Waals surface area contributed by atoms with Gasteiger partial charge in [-0.3, -0.25) is 9.59 Å². The number of aliphatic hydroxyl groups excluding tert-OH is 2. The van der Waals surface area contributed by atoms with Gasteiger partial charge in [-0.2, -0.15) is 0 Å². The highest BCUT2D eigenvalue weighted by Crippen LogP contribution is 2.43. The molecule has 66 heavy (non-hydrogen) atoms. The third-order valence-corrected chi connectivity index (χ3v) is 15.0. The summed E-state index contributed by atoms with van der Waals surface area (Å²) in [6, 6.07) is -0.280. The number of rotatable bonds is 13. The van der Waals surface area contributed by atoms with Gasteiger partial charge in [-0.05, 0) is 102 Å². The maximum Gasteiger partial charge on any atom is 0.311 e. The summed E-state index contributed by atoms with van der Waals surface area (Å²) in [5.74, 6) is -5.30. The number of oxime groups is 1. The molecule has 0 spiro atoms. The monoisotopic (exact) mass is 945 g/mol. The Morgan fingerprint density at radius 1 is 0.879 bits per heavy atom. The van der Waals surface area contributed by atoms with Crippen molar-refractivity contribution < 1.29 is 72.4 Å². The van der Waals surface area contributed by atoms with Gasteiger partial charge in [-0.1, -0.05) is 39.3 Å². The van der Waals surface area contributed by atoms with Crippen LogP contribution in [0.15, 0.2) is 5.16 Å². The molecular weight excluding hydrogens is 857 g/mol. The maximum absolute atomic E-state index is 14.7. The summed E-state index contributed by atoms with van der Waals surface area (Å²) in [6.45, 7) is 23.2. The summed E-state index contributed by atoms with van der Waals surface area (Å²) >= 11 is 0. The lowest BCUT2D eigenvalue weighted by atomic mass is 9.73. The van der Waals surface area contributed by atoms with Gasteiger partial charge in [-0.25, -0.2) is 0 Å². The zero-order valence-corrected chi connectivity index (χ0v) is 43.2. The standard InChI is InChI=1S/C49H88N2O15/c1-18-36-48(13,56)41(53)30(6)38(50-66-49(65-27(2)3)22-20-19-21-23-49)28(4)25-47(12,58-17)43(64-45-40(61-34(10)52)35(51(14)15)24-29(5)59-45)31(7)39(32(8)44(55)62-36)63-37-26-46(11,57-16)42(54)33(9)60-37/h27-33,35-37,39-43,45,53-54,56H,18-26H2,1-17H3/b50-38+/t28-,29-,30+,31+,32-,33+,35+,36-,37+,39+,40-,41-,42+,43-,45+,46-,47-,48-/m1/s1. The maximum atomic E-state index is 14.7. The molecule has 0 radical (unpaired) electrons. The fourth-order valence-corrected chi connectivity index (χ4v) is 11.0. The second kappa shape index (κ2) is 23.3. The van der Waals surface area contributed by atoms with Gasteiger partial charge >= 0.3 is 11.9 Å². The van der Waals surface area contributed by atoms with E-state index in [0.29, 0.717) is 25.0 Å². The zero-order chi connectivity index (χ0) is 49.7. The van der Waals surface area contributed by atoms with Gasteiger partial charge in [0.25, 0.3) is 0 Å². The SMILES string of the molecule is CC[C@H]1OC(=O)[C@H](C)[C@@H](O[C@H]2C[C@@](C)(OC)[C@@H](O)[C@H](C)O2)[C@H](C)[C@@H](O[C@@H]2O[C@H](C)C[C@H](N(C)C)[C@H]2OC(C)=O)[C@](C)(OC)C[C@@H](C)/C(=N\OC2(OC(C)C)CCCCC2)[C@H](C)[C@@H](O)[C@]1(C)O. The summed E-state index contributed by atoms with van der Waals surface area (Å²) in [4.78, 5) is 36.0. The Balaban J connectivity index is 1.98. The molecule has 0 aromatic carbocycles. The number of cyclic esters (lactones) is 1. The molecule has 3 aliphatic heterocycles. The number of hydrogen-bond acceptors (Lipinski definition) is 17. The highest BCUT2D eigenvalue weighted by atomic mass is 16.8. The second-order valence-corrected chi connectivity index (χ2v) is 21.1. The average molecular weight is 945 g/mol. The van der Waals surface area contributed by atoms with Crippen LogP contribution in [0.5, 0.6) is 0 Å². The fourth-order valence-electron chi connectivity index (χ4n) is 11.0. The highest BCUT2D eigenvalue weighted by Gasteiger charge is 2.55. The van der Waals surface area contributed by atoms with Crippen molar-refractivity contribution in [3.8, 4) is 0 Å². The molecule has 0 bridgehead atoms. The number of hydrogen-bond donors (Lipinski definition) is 3. The Morgan fingerprint density at radius 3 is 2.05 bits per heavy atom. The van der Waals surface area contributed by atoms with E-state index in [0.717, 1.165) is 19.3 Å². The first-order valence-electron chi connectivity index (χ1n) is 24.5. The van der Waals surface area contributed by atoms with E-state index in [-0.39, 0.29) is 37.5 Å². The lowest BCUT2D eigenvalue weighted by Gasteiger charge is -2.50. The number of carbonyl (C=O) groups is 2. The Labute approximate surface area is 395 Å². The smallest absolute Gasteiger partial charge is 0.311 e. The number of aliphatic hydroxyl groups is 3. The van der Waals surface area contributed by atoms with Gasteiger partial charge in [-0.15, -0.1) is 0 Å². The van der Waals surface area contributed by atoms with Crippen LogP contribution in [0.3, 0.4) is 0 Å². The second-order valence-electron chi connectivity index (χ2n) is 21.1. The molecule has 1 aliphatic carbocycles. The minimum atomic E-state index is -1.95. The molecule has 0 amide bonds. The van der Waals surface area contributed by atoms with E-state index < -0.39 is 114 Å². The van der Waals surface area contributed by atoms with Crippen molar-refractivity contribution >= 4 is 17.7 Å². The Kier molecular flexibility index (Phi) is 19.9. The third kappa shape index (κ3) is 13.0. The highest BCUT2D eigenvalue weighted by molar-refractivity contribution is 5.89. The van der Waals surface area contributed by atoms with Crippen LogP contribution in [0.2, 0.25) is 0 Å². The van der Waals surface area contributed by atoms with Crippen LogP contribution in [-0.4, -0.2) is 162 Å². The normalized spacial score (nSPS) is 43.9. The van der Waals surface area contributed by atoms with Crippen LogP contribution in [0.1, 0.15) is 148 Å². The van der Waals surface area contributed by atoms with Gasteiger partial charge in [0.05, 0.1) is 65.5 Å². The zero-order valence-electron chi connectivity index (χ0n) is 43.2. The van der Waals surface area contributed by atoms with Crippen molar-refractivity contribution in [3.05, 3.63) is 0 Å². The molecule has 384 valence electrons. The lowest BCUT2D eigenvalue weighted by molar-refractivity contribution is -0.320. The minimum Gasteiger partial charge on any atom is -0.459 e. The molecule has 3 N–H and O–H groups in total. The summed E-state index contributed by atoms with van der Waals surface area (Å²) in [6.07, 6.45) is -4.57. The van der Waals surface area contributed by atoms with Crippen LogP contribution < -0.4 is 0 Å². The van der Waals surface area contributed by atoms with Crippen molar-refractivity contribution in [3.63, 3.8) is 0 Å². The largest absolute Gasteiger partial charge is 0.459 e. The number of esters is 2. The number of ether oxygens (including phenoxy) is 9. The number of carbonyl (C=O) groups excluding carboxylic acids is 2. The van der Waals surface area contributed by atoms with Gasteiger partial charge in [0.1, 0.15) is 17.8 Å². The Hall–Kier alpha value is -2.03. The predicted molar refractivity (Wildman–Crippen MR) is 246 cm³/mol. The number of methoxy groups -OCH3 is 2. The first-order valence-corrected chi connectivity index (χ1v) is 24.5. The molecule has 4 fully saturated rings. The van der Waals surface area contributed by atoms with Crippen LogP contribution >= 0.6 is 0 Å². The van der Waals surface area contributed by atoms with Gasteiger partial charge in [0, 0.05) is 58.2 Å². The van der Waals surface area contributed by atoms with E-state index in [9.17, 15) is 24.9 Å². The van der Waals surface area contributed by atoms with Crippen molar-refractivity contribution in [2.24, 2.45) is 28.8 Å². The third-order valence-electron chi connectivity index (χ3n) is 15.0. The van der Waals surface area contributed by atoms with Crippen molar-refractivity contribution in [2.75, 3.05) is 28.3 Å². The molecule has 18 atom stereocenters. The summed E-state index contributed by atoms with van der Waals surface area (Å²) in [5, 5.41) is 40.6. The lowest BCUT2D eigenvalue weighted by Crippen LogP contribution is -2.62. The fraction of sp³-hybridized carbons (Fsp3) is 0.939. The quantitative estimate of drug-likeness (QED) is 0.112. The number of nitrogens with zero attached hydrogens (tertiary/aromatic N) is 2. The molecule has 0 aromatic rings. The summed E-state index contributed by atoms with van der Waals surface area (Å²) in [5.41, 5.74) is -3.84. The van der Waals surface area contributed by atoms with Crippen LogP contribution in [-0.2, 0) is 57.1 Å². The van der Waals surface area contributed by atoms with E-state index >= 15 is 0 Å². The Morgan fingerprint density at radius 2 is 1.50 bits per heavy atom. The van der Waals surface area contributed by atoms with Gasteiger partial charge in [0.15, 0.2) is 18.7 Å². The van der Waals surface area contributed by atoms with Crippen LogP contribution in [0, 0.1) is 23.7 Å². The molecule has 4 aliphatic rings. The Bertz CT molecular complexity index is 1590. The average Bonchev–Trinajstić information content (AvgIpc) is 3.24. The molecule has 17 heteroatoms. The molecule has 3 heterocycles.